The van der Waals surface area contributed by atoms with Crippen molar-refractivity contribution < 1.29 is 14.5 Å². The number of likely N-dealkylation sites (tertiary alicyclic amines) is 1. The molecule has 128 valence electrons. The Hall–Kier alpha value is -2.37. The number of non-ortho nitro benzene ring substituents is 1. The number of hydrogen-bond acceptors (Lipinski definition) is 4. The summed E-state index contributed by atoms with van der Waals surface area (Å²) in [6.07, 6.45) is 1.58. The molecule has 2 atom stereocenters. The molecule has 1 aliphatic heterocycles. The van der Waals surface area contributed by atoms with Gasteiger partial charge in [-0.05, 0) is 38.2 Å². The largest absolute Gasteiger partial charge is 0.444 e. The molecular weight excluding hydrogens is 308 g/mol. The average Bonchev–Trinajstić information content (AvgIpc) is 2.87. The maximum atomic E-state index is 12.2. The van der Waals surface area contributed by atoms with Crippen LogP contribution < -0.4 is 0 Å². The third-order valence-electron chi connectivity index (χ3n) is 4.98. The second-order valence-corrected chi connectivity index (χ2v) is 7.54. The number of benzene rings is 1. The van der Waals surface area contributed by atoms with Crippen LogP contribution in [0.4, 0.5) is 10.5 Å². The van der Waals surface area contributed by atoms with E-state index in [2.05, 4.69) is 6.58 Å². The lowest BCUT2D eigenvalue weighted by atomic mass is 9.90. The Morgan fingerprint density at radius 2 is 2.04 bits per heavy atom. The predicted octanol–water partition coefficient (Wildman–Crippen LogP) is 3.52. The molecule has 6 heteroatoms. The highest BCUT2D eigenvalue weighted by Gasteiger charge is 2.68. The number of nitro groups is 1. The van der Waals surface area contributed by atoms with Gasteiger partial charge in [-0.15, -0.1) is 6.58 Å². The van der Waals surface area contributed by atoms with E-state index in [-0.39, 0.29) is 34.0 Å². The van der Waals surface area contributed by atoms with Gasteiger partial charge in [-0.3, -0.25) is 10.1 Å². The second-order valence-electron chi connectivity index (χ2n) is 7.54. The molecule has 0 spiro atoms. The molecule has 1 saturated carbocycles. The number of hydrogen-bond donors (Lipinski definition) is 0. The third kappa shape index (κ3) is 2.56. The Bertz CT molecular complexity index is 695. The van der Waals surface area contributed by atoms with E-state index in [0.717, 1.165) is 5.56 Å². The van der Waals surface area contributed by atoms with E-state index in [1.807, 2.05) is 32.9 Å². The summed E-state index contributed by atoms with van der Waals surface area (Å²) in [7, 11) is 0. The lowest BCUT2D eigenvalue weighted by Crippen LogP contribution is -2.38. The number of fused-ring (bicyclic) bond motifs is 1. The molecular formula is C18H22N2O4. The summed E-state index contributed by atoms with van der Waals surface area (Å²) in [5, 5.41) is 11.0. The van der Waals surface area contributed by atoms with E-state index in [4.69, 9.17) is 4.74 Å². The maximum absolute atomic E-state index is 12.2. The summed E-state index contributed by atoms with van der Waals surface area (Å²) in [6.45, 7) is 10.7. The zero-order valence-electron chi connectivity index (χ0n) is 14.2. The number of rotatable bonds is 3. The number of nitrogens with zero attached hydrogens (tertiary/aromatic N) is 2. The molecule has 0 radical (unpaired) electrons. The summed E-state index contributed by atoms with van der Waals surface area (Å²) >= 11 is 0. The van der Waals surface area contributed by atoms with Gasteiger partial charge >= 0.3 is 6.09 Å². The van der Waals surface area contributed by atoms with Gasteiger partial charge in [0.2, 0.25) is 0 Å². The Balaban J connectivity index is 1.76. The number of amides is 1. The first-order valence-electron chi connectivity index (χ1n) is 8.05. The fourth-order valence-electron chi connectivity index (χ4n) is 3.88. The molecule has 0 aromatic heterocycles. The maximum Gasteiger partial charge on any atom is 0.410 e. The molecule has 1 aromatic carbocycles. The Labute approximate surface area is 141 Å². The number of piperidine rings is 1. The van der Waals surface area contributed by atoms with Crippen molar-refractivity contribution in [2.75, 3.05) is 13.1 Å². The van der Waals surface area contributed by atoms with Crippen LogP contribution in [-0.2, 0) is 10.2 Å². The zero-order valence-corrected chi connectivity index (χ0v) is 14.2. The number of allylic oxidation sites excluding steroid dienone is 1. The van der Waals surface area contributed by atoms with Gasteiger partial charge in [0, 0.05) is 30.6 Å². The van der Waals surface area contributed by atoms with Gasteiger partial charge in [-0.2, -0.15) is 0 Å². The first-order valence-corrected chi connectivity index (χ1v) is 8.05. The van der Waals surface area contributed by atoms with Crippen LogP contribution in [0, 0.1) is 22.0 Å². The standard InChI is InChI=1S/C18H22N2O4/c1-5-18(12-7-6-8-13(9-12)20(22)23)14-10-19(11-15(14)18)16(21)24-17(2,3)4/h5-9,14-15H,1,10-11H2,2-4H3. The van der Waals surface area contributed by atoms with E-state index >= 15 is 0 Å². The molecule has 1 amide bonds. The van der Waals surface area contributed by atoms with Gasteiger partial charge < -0.3 is 9.64 Å². The van der Waals surface area contributed by atoms with Crippen LogP contribution in [-0.4, -0.2) is 34.6 Å². The fourth-order valence-corrected chi connectivity index (χ4v) is 3.88. The van der Waals surface area contributed by atoms with Crippen molar-refractivity contribution in [1.29, 1.82) is 0 Å². The highest BCUT2D eigenvalue weighted by atomic mass is 16.6. The molecule has 0 bridgehead atoms. The van der Waals surface area contributed by atoms with Crippen molar-refractivity contribution in [3.8, 4) is 0 Å². The first kappa shape index (κ1) is 16.5. The molecule has 1 heterocycles. The number of carbonyl (C=O) groups is 1. The summed E-state index contributed by atoms with van der Waals surface area (Å²) in [4.78, 5) is 24.6. The van der Waals surface area contributed by atoms with E-state index in [1.54, 1.807) is 17.0 Å². The monoisotopic (exact) mass is 330 g/mol. The van der Waals surface area contributed by atoms with E-state index in [1.165, 1.54) is 6.07 Å². The SMILES string of the molecule is C=CC1(c2cccc([N+](=O)[O-])c2)C2CN(C(=O)OC(C)(C)C)CC21. The van der Waals surface area contributed by atoms with Gasteiger partial charge in [-0.1, -0.05) is 18.2 Å². The normalized spacial score (nSPS) is 28.2. The van der Waals surface area contributed by atoms with Crippen molar-refractivity contribution in [3.63, 3.8) is 0 Å². The molecule has 2 unspecified atom stereocenters. The molecule has 1 saturated heterocycles. The molecule has 24 heavy (non-hydrogen) atoms. The van der Waals surface area contributed by atoms with Crippen LogP contribution in [0.5, 0.6) is 0 Å². The lowest BCUT2D eigenvalue weighted by Gasteiger charge is -2.28. The number of ether oxygens (including phenoxy) is 1. The van der Waals surface area contributed by atoms with Crippen molar-refractivity contribution in [2.45, 2.75) is 31.8 Å². The first-order chi connectivity index (χ1) is 11.2. The minimum Gasteiger partial charge on any atom is -0.444 e. The molecule has 1 aromatic rings. The van der Waals surface area contributed by atoms with Gasteiger partial charge in [0.05, 0.1) is 4.92 Å². The average molecular weight is 330 g/mol. The van der Waals surface area contributed by atoms with Crippen molar-refractivity contribution >= 4 is 11.8 Å². The Morgan fingerprint density at radius 3 is 2.54 bits per heavy atom. The Morgan fingerprint density at radius 1 is 1.42 bits per heavy atom. The van der Waals surface area contributed by atoms with Crippen molar-refractivity contribution in [1.82, 2.24) is 4.90 Å². The van der Waals surface area contributed by atoms with Crippen LogP contribution in [0.2, 0.25) is 0 Å². The van der Waals surface area contributed by atoms with Crippen LogP contribution in [0.1, 0.15) is 26.3 Å². The van der Waals surface area contributed by atoms with Gasteiger partial charge in [-0.25, -0.2) is 4.79 Å². The summed E-state index contributed by atoms with van der Waals surface area (Å²) in [5.41, 5.74) is 0.206. The van der Waals surface area contributed by atoms with Crippen LogP contribution in [0.25, 0.3) is 0 Å². The van der Waals surface area contributed by atoms with Gasteiger partial charge in [0.15, 0.2) is 0 Å². The Kier molecular flexibility index (Phi) is 3.66. The summed E-state index contributed by atoms with van der Waals surface area (Å²) in [5.74, 6) is 0.481. The van der Waals surface area contributed by atoms with Crippen LogP contribution >= 0.6 is 0 Å². The highest BCUT2D eigenvalue weighted by Crippen LogP contribution is 2.64. The summed E-state index contributed by atoms with van der Waals surface area (Å²) in [6, 6.07) is 6.73. The minimum absolute atomic E-state index is 0.0858. The number of nitro benzene ring substituents is 1. The lowest BCUT2D eigenvalue weighted by molar-refractivity contribution is -0.384. The smallest absolute Gasteiger partial charge is 0.410 e. The number of carbonyl (C=O) groups excluding carboxylic acids is 1. The topological polar surface area (TPSA) is 72.7 Å². The summed E-state index contributed by atoms with van der Waals surface area (Å²) < 4.78 is 5.42. The van der Waals surface area contributed by atoms with Gasteiger partial charge in [0.1, 0.15) is 5.60 Å². The molecule has 2 aliphatic rings. The van der Waals surface area contributed by atoms with Crippen molar-refractivity contribution in [2.24, 2.45) is 11.8 Å². The van der Waals surface area contributed by atoms with E-state index < -0.39 is 5.60 Å². The highest BCUT2D eigenvalue weighted by molar-refractivity contribution is 5.69. The van der Waals surface area contributed by atoms with Crippen LogP contribution in [0.3, 0.4) is 0 Å². The predicted molar refractivity (Wildman–Crippen MR) is 89.8 cm³/mol. The molecule has 0 N–H and O–H groups in total. The zero-order chi connectivity index (χ0) is 17.7. The molecule has 3 rings (SSSR count). The minimum atomic E-state index is -0.514. The van der Waals surface area contributed by atoms with E-state index in [9.17, 15) is 14.9 Å². The molecule has 1 aliphatic carbocycles. The van der Waals surface area contributed by atoms with Crippen LogP contribution in [0.15, 0.2) is 36.9 Å². The third-order valence-corrected chi connectivity index (χ3v) is 4.98. The van der Waals surface area contributed by atoms with Crippen molar-refractivity contribution in [3.05, 3.63) is 52.6 Å². The quantitative estimate of drug-likeness (QED) is 0.483. The van der Waals surface area contributed by atoms with E-state index in [0.29, 0.717) is 13.1 Å². The fraction of sp³-hybridized carbons (Fsp3) is 0.500. The molecule has 6 nitrogen and oxygen atoms in total. The molecule has 2 fully saturated rings. The second kappa shape index (κ2) is 5.33. The van der Waals surface area contributed by atoms with Gasteiger partial charge in [0.25, 0.3) is 5.69 Å².